The Morgan fingerprint density at radius 3 is 2.36 bits per heavy atom. The number of carbonyl (C=O) groups is 1. The number of halogens is 1. The van der Waals surface area contributed by atoms with Crippen LogP contribution >= 0.6 is 0 Å². The van der Waals surface area contributed by atoms with Crippen molar-refractivity contribution in [3.8, 4) is 0 Å². The number of carbonyl (C=O) groups excluding carboxylic acids is 1. The van der Waals surface area contributed by atoms with Crippen LogP contribution in [0, 0.1) is 17.0 Å². The first-order valence-corrected chi connectivity index (χ1v) is 8.34. The molecule has 0 fully saturated rings. The van der Waals surface area contributed by atoms with E-state index >= 15 is 0 Å². The zero-order valence-corrected chi connectivity index (χ0v) is 13.8. The molecule has 0 aromatic heterocycles. The summed E-state index contributed by atoms with van der Waals surface area (Å²) in [5.74, 6) is -0.489. The molecule has 9 heteroatoms. The van der Waals surface area contributed by atoms with Gasteiger partial charge in [-0.05, 0) is 54.5 Å². The maximum atomic E-state index is 12.9. The van der Waals surface area contributed by atoms with Crippen molar-refractivity contribution in [3.05, 3.63) is 69.8 Å². The first kappa shape index (κ1) is 18.3. The monoisotopic (exact) mass is 364 g/mol. The minimum Gasteiger partial charge on any atom is -0.322 e. The molecule has 0 aliphatic rings. The van der Waals surface area contributed by atoms with Crippen LogP contribution in [0.15, 0.2) is 53.4 Å². The molecule has 1 N–H and O–H groups in total. The molecule has 0 bridgehead atoms. The van der Waals surface area contributed by atoms with Gasteiger partial charge in [0.05, 0.1) is 9.82 Å². The molecular formula is C16H13FN2O5S. The van der Waals surface area contributed by atoms with Crippen molar-refractivity contribution in [2.24, 2.45) is 0 Å². The van der Waals surface area contributed by atoms with Crippen molar-refractivity contribution in [2.45, 2.75) is 11.8 Å². The predicted octanol–water partition coefficient (Wildman–Crippen LogP) is 3.21. The Bertz CT molecular complexity index is 953. The van der Waals surface area contributed by atoms with Gasteiger partial charge >= 0.3 is 10.2 Å². The average Bonchev–Trinajstić information content (AvgIpc) is 2.54. The first-order valence-electron chi connectivity index (χ1n) is 6.95. The Hall–Kier alpha value is -3.07. The molecule has 2 aromatic carbocycles. The summed E-state index contributed by atoms with van der Waals surface area (Å²) in [6.07, 6.45) is 2.69. The zero-order chi connectivity index (χ0) is 18.6. The number of hydrogen-bond donors (Lipinski definition) is 1. The maximum Gasteiger partial charge on any atom is 0.332 e. The van der Waals surface area contributed by atoms with Gasteiger partial charge in [-0.3, -0.25) is 14.9 Å². The third kappa shape index (κ3) is 4.95. The Morgan fingerprint density at radius 2 is 1.84 bits per heavy atom. The van der Waals surface area contributed by atoms with Gasteiger partial charge in [-0.15, -0.1) is 3.89 Å². The second-order valence-electron chi connectivity index (χ2n) is 5.09. The predicted molar refractivity (Wildman–Crippen MR) is 90.2 cm³/mol. The summed E-state index contributed by atoms with van der Waals surface area (Å²) >= 11 is 0. The lowest BCUT2D eigenvalue weighted by Crippen LogP contribution is -2.09. The number of benzene rings is 2. The fraction of sp³-hybridized carbons (Fsp3) is 0.0625. The Kier molecular flexibility index (Phi) is 5.28. The molecule has 0 unspecified atom stereocenters. The van der Waals surface area contributed by atoms with Crippen LogP contribution < -0.4 is 5.32 Å². The van der Waals surface area contributed by atoms with E-state index < -0.39 is 25.9 Å². The fourth-order valence-corrected chi connectivity index (χ4v) is 2.53. The number of nitrogens with one attached hydrogen (secondary N) is 1. The lowest BCUT2D eigenvalue weighted by molar-refractivity contribution is -0.384. The molecule has 2 aromatic rings. The van der Waals surface area contributed by atoms with Crippen LogP contribution in [0.3, 0.4) is 0 Å². The SMILES string of the molecule is Cc1cc(S(=O)(=O)F)ccc1NC(=O)/C=C\c1ccc([N+](=O)[O-])cc1. The van der Waals surface area contributed by atoms with E-state index in [1.807, 2.05) is 0 Å². The lowest BCUT2D eigenvalue weighted by Gasteiger charge is -2.07. The molecule has 0 heterocycles. The van der Waals surface area contributed by atoms with Gasteiger partial charge < -0.3 is 5.32 Å². The Balaban J connectivity index is 2.08. The minimum atomic E-state index is -4.80. The number of rotatable bonds is 5. The molecule has 0 radical (unpaired) electrons. The summed E-state index contributed by atoms with van der Waals surface area (Å²) in [6.45, 7) is 1.53. The summed E-state index contributed by atoms with van der Waals surface area (Å²) in [4.78, 5) is 21.5. The second kappa shape index (κ2) is 7.22. The largest absolute Gasteiger partial charge is 0.332 e. The number of non-ortho nitro benzene ring substituents is 1. The molecule has 0 aliphatic carbocycles. The van der Waals surface area contributed by atoms with E-state index in [2.05, 4.69) is 5.32 Å². The fourth-order valence-electron chi connectivity index (χ4n) is 1.98. The molecule has 130 valence electrons. The van der Waals surface area contributed by atoms with Crippen LogP contribution in [0.4, 0.5) is 15.3 Å². The minimum absolute atomic E-state index is 0.0554. The quantitative estimate of drug-likeness (QED) is 0.379. The standard InChI is InChI=1S/C16H13FN2O5S/c1-11-10-14(25(17,23)24)7-8-15(11)18-16(20)9-4-12-2-5-13(6-3-12)19(21)22/h2-10H,1H3,(H,18,20)/b9-4-. The van der Waals surface area contributed by atoms with Crippen LogP contribution in [0.25, 0.3) is 6.08 Å². The molecule has 0 spiro atoms. The summed E-state index contributed by atoms with van der Waals surface area (Å²) in [6, 6.07) is 9.08. The van der Waals surface area contributed by atoms with Gasteiger partial charge in [-0.2, -0.15) is 8.42 Å². The van der Waals surface area contributed by atoms with Crippen LogP contribution in [-0.4, -0.2) is 19.2 Å². The van der Waals surface area contributed by atoms with Gasteiger partial charge in [0.15, 0.2) is 0 Å². The van der Waals surface area contributed by atoms with Crippen molar-refractivity contribution < 1.29 is 22.0 Å². The van der Waals surface area contributed by atoms with Crippen molar-refractivity contribution in [3.63, 3.8) is 0 Å². The number of nitro benzene ring substituents is 1. The van der Waals surface area contributed by atoms with Gasteiger partial charge in [0.1, 0.15) is 0 Å². The molecule has 0 atom stereocenters. The average molecular weight is 364 g/mol. The topological polar surface area (TPSA) is 106 Å². The molecule has 0 saturated carbocycles. The highest BCUT2D eigenvalue weighted by Gasteiger charge is 2.13. The van der Waals surface area contributed by atoms with E-state index in [-0.39, 0.29) is 5.69 Å². The number of nitro groups is 1. The molecule has 1 amide bonds. The van der Waals surface area contributed by atoms with Crippen molar-refractivity contribution in [2.75, 3.05) is 5.32 Å². The van der Waals surface area contributed by atoms with Gasteiger partial charge in [0, 0.05) is 23.9 Å². The number of amides is 1. The molecular weight excluding hydrogens is 351 g/mol. The lowest BCUT2D eigenvalue weighted by atomic mass is 10.2. The van der Waals surface area contributed by atoms with E-state index in [0.29, 0.717) is 16.8 Å². The molecule has 2 rings (SSSR count). The smallest absolute Gasteiger partial charge is 0.322 e. The Morgan fingerprint density at radius 1 is 1.20 bits per heavy atom. The number of aryl methyl sites for hydroxylation is 1. The molecule has 25 heavy (non-hydrogen) atoms. The van der Waals surface area contributed by atoms with E-state index in [9.17, 15) is 27.2 Å². The summed E-state index contributed by atoms with van der Waals surface area (Å²) in [7, 11) is -4.80. The van der Waals surface area contributed by atoms with Gasteiger partial charge in [-0.25, -0.2) is 0 Å². The molecule has 0 saturated heterocycles. The maximum absolute atomic E-state index is 12.9. The van der Waals surface area contributed by atoms with Crippen LogP contribution in [0.1, 0.15) is 11.1 Å². The van der Waals surface area contributed by atoms with E-state index in [1.165, 1.54) is 49.4 Å². The zero-order valence-electron chi connectivity index (χ0n) is 13.0. The van der Waals surface area contributed by atoms with Crippen molar-refractivity contribution in [1.29, 1.82) is 0 Å². The van der Waals surface area contributed by atoms with Crippen LogP contribution in [0.5, 0.6) is 0 Å². The highest BCUT2D eigenvalue weighted by molar-refractivity contribution is 7.86. The highest BCUT2D eigenvalue weighted by Crippen LogP contribution is 2.21. The van der Waals surface area contributed by atoms with Crippen molar-refractivity contribution in [1.82, 2.24) is 0 Å². The third-order valence-corrected chi connectivity index (χ3v) is 4.09. The van der Waals surface area contributed by atoms with Gasteiger partial charge in [0.25, 0.3) is 5.69 Å². The van der Waals surface area contributed by atoms with Crippen LogP contribution in [-0.2, 0) is 15.0 Å². The summed E-state index contributed by atoms with van der Waals surface area (Å²) < 4.78 is 34.6. The van der Waals surface area contributed by atoms with E-state index in [4.69, 9.17) is 0 Å². The molecule has 0 aliphatic heterocycles. The van der Waals surface area contributed by atoms with E-state index in [0.717, 1.165) is 12.1 Å². The normalized spacial score (nSPS) is 11.4. The number of nitrogens with zero attached hydrogens (tertiary/aromatic N) is 1. The second-order valence-corrected chi connectivity index (χ2v) is 6.43. The summed E-state index contributed by atoms with van der Waals surface area (Å²) in [5.41, 5.74) is 1.26. The first-order chi connectivity index (χ1) is 11.7. The number of hydrogen-bond acceptors (Lipinski definition) is 5. The number of anilines is 1. The van der Waals surface area contributed by atoms with Crippen molar-refractivity contribution >= 4 is 33.6 Å². The van der Waals surface area contributed by atoms with Crippen LogP contribution in [0.2, 0.25) is 0 Å². The molecule has 7 nitrogen and oxygen atoms in total. The van der Waals surface area contributed by atoms with Gasteiger partial charge in [-0.1, -0.05) is 0 Å². The van der Waals surface area contributed by atoms with E-state index in [1.54, 1.807) is 0 Å². The Labute approximate surface area is 143 Å². The summed E-state index contributed by atoms with van der Waals surface area (Å²) in [5, 5.41) is 13.1. The third-order valence-electron chi connectivity index (χ3n) is 3.27. The highest BCUT2D eigenvalue weighted by atomic mass is 32.3. The van der Waals surface area contributed by atoms with Gasteiger partial charge in [0.2, 0.25) is 5.91 Å².